The van der Waals surface area contributed by atoms with E-state index < -0.39 is 58.9 Å². The molecule has 1 saturated heterocycles. The number of aliphatic carboxylic acids is 2. The molecule has 0 aliphatic carbocycles. The van der Waals surface area contributed by atoms with E-state index in [-0.39, 0.29) is 53.3 Å². The first kappa shape index (κ1) is 32.5. The highest BCUT2D eigenvalue weighted by Gasteiger charge is 2.54. The molecule has 5 rings (SSSR count). The van der Waals surface area contributed by atoms with Crippen LogP contribution in [0.15, 0.2) is 44.2 Å². The number of nitrogens with one attached hydrogen (secondary N) is 1. The zero-order valence-corrected chi connectivity index (χ0v) is 26.3. The molecule has 2 aromatic rings. The summed E-state index contributed by atoms with van der Waals surface area (Å²) in [6.07, 6.45) is -0.349. The summed E-state index contributed by atoms with van der Waals surface area (Å²) in [4.78, 5) is 88.1. The van der Waals surface area contributed by atoms with Crippen LogP contribution in [0.5, 0.6) is 0 Å². The van der Waals surface area contributed by atoms with E-state index in [0.29, 0.717) is 19.2 Å². The zero-order valence-electron chi connectivity index (χ0n) is 23.0. The van der Waals surface area contributed by atoms with E-state index in [0.717, 1.165) is 16.7 Å². The first-order valence-electron chi connectivity index (χ1n) is 13.2. The van der Waals surface area contributed by atoms with Gasteiger partial charge in [0.15, 0.2) is 8.68 Å². The van der Waals surface area contributed by atoms with Crippen molar-refractivity contribution in [2.45, 2.75) is 45.4 Å². The van der Waals surface area contributed by atoms with Gasteiger partial charge in [0.25, 0.3) is 17.7 Å². The Balaban J connectivity index is 1.15. The van der Waals surface area contributed by atoms with Crippen LogP contribution in [0.25, 0.3) is 0 Å². The van der Waals surface area contributed by atoms with Crippen LogP contribution in [0.1, 0.15) is 40.0 Å². The highest BCUT2D eigenvalue weighted by atomic mass is 32.2. The van der Waals surface area contributed by atoms with Crippen molar-refractivity contribution in [3.05, 3.63) is 46.7 Å². The molecule has 1 fully saturated rings. The van der Waals surface area contributed by atoms with Gasteiger partial charge in [-0.15, -0.1) is 22.0 Å². The number of carboxylic acid groups (broad SMARTS) is 2. The van der Waals surface area contributed by atoms with Gasteiger partial charge in [-0.25, -0.2) is 9.59 Å². The zero-order chi connectivity index (χ0) is 32.4. The van der Waals surface area contributed by atoms with Gasteiger partial charge in [-0.1, -0.05) is 47.0 Å². The van der Waals surface area contributed by atoms with Crippen LogP contribution in [-0.4, -0.2) is 106 Å². The molecular weight excluding hydrogens is 669 g/mol. The number of carboxylic acids is 2. The molecule has 19 heteroatoms. The summed E-state index contributed by atoms with van der Waals surface area (Å²) >= 11 is 4.93. The van der Waals surface area contributed by atoms with E-state index in [4.69, 9.17) is 5.73 Å². The van der Waals surface area contributed by atoms with Gasteiger partial charge in [-0.05, 0) is 30.5 Å². The van der Waals surface area contributed by atoms with Gasteiger partial charge in [0.05, 0.1) is 16.9 Å². The Morgan fingerprint density at radius 2 is 1.69 bits per heavy atom. The molecule has 5 N–H and O–H groups in total. The number of benzene rings is 1. The molecule has 1 unspecified atom stereocenters. The summed E-state index contributed by atoms with van der Waals surface area (Å²) in [5.41, 5.74) is 5.72. The van der Waals surface area contributed by atoms with E-state index in [1.54, 1.807) is 12.1 Å². The van der Waals surface area contributed by atoms with Crippen LogP contribution in [0.2, 0.25) is 0 Å². The van der Waals surface area contributed by atoms with Gasteiger partial charge in [-0.2, -0.15) is 0 Å². The highest BCUT2D eigenvalue weighted by Crippen LogP contribution is 2.42. The number of rotatable bonds is 14. The number of β-lactam (4-membered cyclic amide) rings is 1. The first-order valence-corrected chi connectivity index (χ1v) is 17.1. The first-order chi connectivity index (χ1) is 21.5. The van der Waals surface area contributed by atoms with E-state index in [1.807, 2.05) is 0 Å². The number of nitrogens with two attached hydrogens (primary N) is 1. The Bertz CT molecular complexity index is 1610. The third-order valence-corrected chi connectivity index (χ3v) is 11.6. The Morgan fingerprint density at radius 1 is 1.04 bits per heavy atom. The summed E-state index contributed by atoms with van der Waals surface area (Å²) in [6, 6.07) is 3.59. The summed E-state index contributed by atoms with van der Waals surface area (Å²) in [5, 5.41) is 29.6. The van der Waals surface area contributed by atoms with Gasteiger partial charge in [-0.3, -0.25) is 33.8 Å². The SMILES string of the molecule is NC(=O)CSc1nnc(SCC2=C(C(=O)O)N3C(=O)[C@@H](NC(=O)CCCC(C(=O)O)N4C(=O)c5ccccc5C4=O)[C@@H]3SC2)s1. The fourth-order valence-electron chi connectivity index (χ4n) is 4.95. The number of carbonyl (C=O) groups is 7. The Hall–Kier alpha value is -3.94. The van der Waals surface area contributed by atoms with Gasteiger partial charge in [0, 0.05) is 17.9 Å². The molecule has 1 aromatic heterocycles. The molecule has 45 heavy (non-hydrogen) atoms. The number of fused-ring (bicyclic) bond motifs is 2. The maximum Gasteiger partial charge on any atom is 0.352 e. The molecule has 3 atom stereocenters. The van der Waals surface area contributed by atoms with E-state index >= 15 is 0 Å². The van der Waals surface area contributed by atoms with Crippen molar-refractivity contribution in [2.75, 3.05) is 17.3 Å². The minimum absolute atomic E-state index is 0.00858. The molecule has 4 heterocycles. The van der Waals surface area contributed by atoms with Crippen molar-refractivity contribution in [3.63, 3.8) is 0 Å². The number of hydrogen-bond acceptors (Lipinski definition) is 13. The molecule has 3 aliphatic rings. The Kier molecular flexibility index (Phi) is 9.80. The normalized spacial score (nSPS) is 19.6. The lowest BCUT2D eigenvalue weighted by atomic mass is 10.0. The maximum absolute atomic E-state index is 13.0. The molecular formula is C26H24N6O9S4. The molecule has 15 nitrogen and oxygen atoms in total. The molecule has 0 spiro atoms. The van der Waals surface area contributed by atoms with Crippen molar-refractivity contribution in [3.8, 4) is 0 Å². The number of thioether (sulfide) groups is 3. The monoisotopic (exact) mass is 692 g/mol. The lowest BCUT2D eigenvalue weighted by Crippen LogP contribution is -2.70. The van der Waals surface area contributed by atoms with Crippen molar-refractivity contribution in [1.82, 2.24) is 25.3 Å². The molecule has 3 aliphatic heterocycles. The third-order valence-electron chi connectivity index (χ3n) is 6.97. The topological polar surface area (TPSA) is 230 Å². The van der Waals surface area contributed by atoms with Crippen LogP contribution < -0.4 is 11.1 Å². The molecule has 0 saturated carbocycles. The van der Waals surface area contributed by atoms with Crippen molar-refractivity contribution in [2.24, 2.45) is 5.73 Å². The number of nitrogens with zero attached hydrogens (tertiary/aromatic N) is 4. The van der Waals surface area contributed by atoms with Gasteiger partial charge in [0.1, 0.15) is 23.2 Å². The van der Waals surface area contributed by atoms with Gasteiger partial charge < -0.3 is 21.3 Å². The molecule has 0 bridgehead atoms. The predicted octanol–water partition coefficient (Wildman–Crippen LogP) is 0.866. The Labute approximate surface area is 271 Å². The van der Waals surface area contributed by atoms with Crippen LogP contribution in [0.4, 0.5) is 0 Å². The molecule has 236 valence electrons. The lowest BCUT2D eigenvalue weighted by Gasteiger charge is -2.49. The van der Waals surface area contributed by atoms with Crippen LogP contribution in [0, 0.1) is 0 Å². The van der Waals surface area contributed by atoms with Crippen LogP contribution >= 0.6 is 46.6 Å². The maximum atomic E-state index is 13.0. The number of imide groups is 1. The van der Waals surface area contributed by atoms with Crippen molar-refractivity contribution in [1.29, 1.82) is 0 Å². The smallest absolute Gasteiger partial charge is 0.352 e. The second-order valence-corrected chi connectivity index (χ2v) is 14.4. The van der Waals surface area contributed by atoms with E-state index in [9.17, 15) is 43.8 Å². The molecule has 5 amide bonds. The van der Waals surface area contributed by atoms with Crippen LogP contribution in [0.3, 0.4) is 0 Å². The third kappa shape index (κ3) is 6.70. The minimum atomic E-state index is -1.47. The number of amides is 5. The largest absolute Gasteiger partial charge is 0.480 e. The van der Waals surface area contributed by atoms with E-state index in [1.165, 1.54) is 47.0 Å². The number of carbonyl (C=O) groups excluding carboxylic acids is 5. The predicted molar refractivity (Wildman–Crippen MR) is 162 cm³/mol. The summed E-state index contributed by atoms with van der Waals surface area (Å²) in [7, 11) is 0. The highest BCUT2D eigenvalue weighted by molar-refractivity contribution is 8.03. The second-order valence-electron chi connectivity index (χ2n) is 9.86. The quantitative estimate of drug-likeness (QED) is 0.122. The number of hydrogen-bond donors (Lipinski definition) is 4. The van der Waals surface area contributed by atoms with Gasteiger partial charge >= 0.3 is 11.9 Å². The summed E-state index contributed by atoms with van der Waals surface area (Å²) < 4.78 is 1.10. The standard InChI is InChI=1S/C26H24N6O9S4/c27-15(33)10-44-26-30-29-25(45-26)43-9-11-8-42-22-17(21(37)32(22)18(11)24(40)41)28-16(34)7-3-6-14(23(38)39)31-19(35)12-4-1-2-5-13(12)20(31)36/h1-2,4-5,14,17,22H,3,6-10H2,(H2,27,33)(H,28,34)(H,38,39)(H,40,41)/t14?,17-,22+/m1/s1. The number of aromatic nitrogens is 2. The van der Waals surface area contributed by atoms with Crippen LogP contribution in [-0.2, 0) is 24.0 Å². The summed E-state index contributed by atoms with van der Waals surface area (Å²) in [6.45, 7) is 0. The second kappa shape index (κ2) is 13.6. The average molecular weight is 693 g/mol. The Morgan fingerprint density at radius 3 is 2.29 bits per heavy atom. The molecule has 0 radical (unpaired) electrons. The van der Waals surface area contributed by atoms with E-state index in [2.05, 4.69) is 15.5 Å². The lowest BCUT2D eigenvalue weighted by molar-refractivity contribution is -0.150. The van der Waals surface area contributed by atoms with Gasteiger partial charge in [0.2, 0.25) is 11.8 Å². The molecule has 1 aromatic carbocycles. The van der Waals surface area contributed by atoms with Crippen molar-refractivity contribution < 1.29 is 43.8 Å². The fourth-order valence-corrected chi connectivity index (χ4v) is 9.19. The average Bonchev–Trinajstić information content (AvgIpc) is 3.57. The number of primary amides is 1. The fraction of sp³-hybridized carbons (Fsp3) is 0.346. The van der Waals surface area contributed by atoms with Crippen molar-refractivity contribution >= 4 is 88.1 Å². The minimum Gasteiger partial charge on any atom is -0.480 e. The summed E-state index contributed by atoms with van der Waals surface area (Å²) in [5.74, 6) is -5.15.